The molecule has 4 rings (SSSR count). The van der Waals surface area contributed by atoms with Gasteiger partial charge >= 0.3 is 0 Å². The van der Waals surface area contributed by atoms with Crippen molar-refractivity contribution >= 4 is 11.9 Å². The van der Waals surface area contributed by atoms with Crippen molar-refractivity contribution in [2.24, 2.45) is 0 Å². The summed E-state index contributed by atoms with van der Waals surface area (Å²) in [6.45, 7) is -1.00. The number of benzene rings is 1. The smallest absolute Gasteiger partial charge is 0.226 e. The minimum absolute atomic E-state index is 0.0688. The maximum Gasteiger partial charge on any atom is 0.226 e. The van der Waals surface area contributed by atoms with Gasteiger partial charge in [0.2, 0.25) is 5.79 Å². The zero-order valence-electron chi connectivity index (χ0n) is 25.0. The second-order valence-corrected chi connectivity index (χ2v) is 11.4. The Morgan fingerprint density at radius 1 is 0.872 bits per heavy atom. The predicted molar refractivity (Wildman–Crippen MR) is 149 cm³/mol. The molecule has 0 bridgehead atoms. The number of rotatable bonds is 10. The zero-order valence-corrected chi connectivity index (χ0v) is 25.0. The van der Waals surface area contributed by atoms with Crippen LogP contribution in [0.15, 0.2) is 24.3 Å². The van der Waals surface area contributed by atoms with E-state index in [1.54, 1.807) is 0 Å². The zero-order chi connectivity index (χ0) is 35.0. The van der Waals surface area contributed by atoms with E-state index in [1.165, 1.54) is 38.3 Å². The number of aliphatic hydroxyl groups is 11. The molecule has 19 heteroatoms. The molecule has 19 nitrogen and oxygen atoms in total. The number of carbonyl (C=O) groups excluding carboxylic acids is 1. The molecule has 0 saturated carbocycles. The third-order valence-corrected chi connectivity index (χ3v) is 8.35. The Hall–Kier alpha value is -2.41. The predicted octanol–water partition coefficient (Wildman–Crippen LogP) is -5.86. The largest absolute Gasteiger partial charge is 0.504 e. The van der Waals surface area contributed by atoms with E-state index in [4.69, 9.17) is 28.4 Å². The molecule has 0 aliphatic carbocycles. The second-order valence-electron chi connectivity index (χ2n) is 11.4. The van der Waals surface area contributed by atoms with Crippen LogP contribution in [0, 0.1) is 0 Å². The van der Waals surface area contributed by atoms with Gasteiger partial charge in [0, 0.05) is 0 Å². The van der Waals surface area contributed by atoms with Gasteiger partial charge < -0.3 is 89.7 Å². The van der Waals surface area contributed by atoms with Crippen LogP contribution in [-0.4, -0.2) is 179 Å². The Labute approximate surface area is 266 Å². The molecule has 0 aromatic heterocycles. The van der Waals surface area contributed by atoms with E-state index in [2.05, 4.69) is 0 Å². The van der Waals surface area contributed by atoms with E-state index in [-0.39, 0.29) is 11.5 Å². The van der Waals surface area contributed by atoms with Crippen molar-refractivity contribution in [3.63, 3.8) is 0 Å². The molecule has 1 aromatic carbocycles. The molecule has 3 saturated heterocycles. The maximum absolute atomic E-state index is 13.2. The van der Waals surface area contributed by atoms with Crippen LogP contribution in [0.4, 0.5) is 0 Å². The molecular formula is C28H40O19. The van der Waals surface area contributed by atoms with Crippen molar-refractivity contribution in [3.8, 4) is 11.5 Å². The number of aliphatic hydroxyl groups excluding tert-OH is 10. The third-order valence-electron chi connectivity index (χ3n) is 8.35. The molecular weight excluding hydrogens is 640 g/mol. The highest BCUT2D eigenvalue weighted by Crippen LogP contribution is 2.38. The number of phenols is 1. The number of hydrogen-bond donors (Lipinski definition) is 12. The first kappa shape index (κ1) is 37.4. The minimum atomic E-state index is -3.00. The molecule has 12 N–H and O–H groups in total. The molecule has 0 amide bonds. The van der Waals surface area contributed by atoms with Gasteiger partial charge in [0.05, 0.1) is 19.8 Å². The van der Waals surface area contributed by atoms with Crippen LogP contribution >= 0.6 is 0 Å². The summed E-state index contributed by atoms with van der Waals surface area (Å²) >= 11 is 0. The van der Waals surface area contributed by atoms with Gasteiger partial charge in [-0.3, -0.25) is 4.79 Å². The van der Waals surface area contributed by atoms with Gasteiger partial charge in [0.15, 0.2) is 41.8 Å². The highest BCUT2D eigenvalue weighted by molar-refractivity contribution is 6.01. The molecule has 3 aliphatic heterocycles. The lowest BCUT2D eigenvalue weighted by Crippen LogP contribution is -2.72. The average molecular weight is 681 g/mol. The molecule has 0 spiro atoms. The number of phenolic OH excluding ortho intramolecular Hbond substituents is 1. The Balaban J connectivity index is 1.57. The van der Waals surface area contributed by atoms with Crippen LogP contribution in [0.5, 0.6) is 11.5 Å². The van der Waals surface area contributed by atoms with E-state index >= 15 is 0 Å². The summed E-state index contributed by atoms with van der Waals surface area (Å²) in [5.41, 5.74) is -2.68. The normalized spacial score (nSPS) is 44.4. The van der Waals surface area contributed by atoms with Crippen LogP contribution in [0.2, 0.25) is 0 Å². The van der Waals surface area contributed by atoms with Gasteiger partial charge in [0.1, 0.15) is 61.5 Å². The fourth-order valence-electron chi connectivity index (χ4n) is 5.41. The Bertz CT molecular complexity index is 1260. The third kappa shape index (κ3) is 6.89. The van der Waals surface area contributed by atoms with E-state index in [0.717, 1.165) is 6.08 Å². The Morgan fingerprint density at radius 2 is 1.53 bits per heavy atom. The quantitative estimate of drug-likeness (QED) is 0.102. The van der Waals surface area contributed by atoms with Crippen LogP contribution in [-0.2, 0) is 28.5 Å². The highest BCUT2D eigenvalue weighted by Gasteiger charge is 2.62. The monoisotopic (exact) mass is 680 g/mol. The lowest BCUT2D eigenvalue weighted by molar-refractivity contribution is -0.464. The van der Waals surface area contributed by atoms with E-state index in [0.29, 0.717) is 5.56 Å². The molecule has 3 fully saturated rings. The average Bonchev–Trinajstić information content (AvgIpc) is 3.06. The molecule has 1 aromatic rings. The molecule has 3 unspecified atom stereocenters. The number of ether oxygens (including phenoxy) is 6. The number of hydrogen-bond acceptors (Lipinski definition) is 19. The Kier molecular flexibility index (Phi) is 11.6. The number of methoxy groups -OCH3 is 1. The van der Waals surface area contributed by atoms with Crippen molar-refractivity contribution in [1.29, 1.82) is 0 Å². The van der Waals surface area contributed by atoms with E-state index < -0.39 is 110 Å². The standard InChI is InChI=1S/C28H40O19/c1-10-21(38)28(41,15(32)6-4-11-3-5-12(31)13(7-11)42-2)23(40)26(43-10)45-25-20(37)18(35)22(39)27(9-30,47-25)46-24-19(36)17(34)16(33)14(8-29)44-24/h3-7,10,14,16-26,29-31,33-41H,8-9H2,1-2H3/t10-,14-,16-,17+,18-,19-,20-,21-,22-,23-,24?,25?,26?,27-,28+/m1/s1. The number of aromatic hydroxyl groups is 1. The first-order valence-corrected chi connectivity index (χ1v) is 14.4. The van der Waals surface area contributed by atoms with Gasteiger partial charge in [-0.25, -0.2) is 0 Å². The lowest BCUT2D eigenvalue weighted by atomic mass is 9.80. The van der Waals surface area contributed by atoms with Crippen LogP contribution in [0.25, 0.3) is 6.08 Å². The van der Waals surface area contributed by atoms with Gasteiger partial charge in [0.25, 0.3) is 0 Å². The molecule has 3 heterocycles. The maximum atomic E-state index is 13.2. The van der Waals surface area contributed by atoms with Crippen LogP contribution < -0.4 is 4.74 Å². The van der Waals surface area contributed by atoms with Gasteiger partial charge in [-0.05, 0) is 30.7 Å². The van der Waals surface area contributed by atoms with Crippen molar-refractivity contribution in [2.45, 2.75) is 98.2 Å². The first-order chi connectivity index (χ1) is 22.1. The molecule has 47 heavy (non-hydrogen) atoms. The SMILES string of the molecule is COc1cc(C=CC(=O)[C@@]2(O)[C@H](O)C(OC3O[C@@](CO)(OC4O[C@H](CO)[C@@H](O)[C@H](O)[C@H]4O)[C@H](O)[C@H](O)[C@H]3O)O[C@H](C)[C@H]2O)ccc1O. The second kappa shape index (κ2) is 14.6. The summed E-state index contributed by atoms with van der Waals surface area (Å²) in [6.07, 6.45) is -24.2. The summed E-state index contributed by atoms with van der Waals surface area (Å²) in [5, 5.41) is 125. The summed E-state index contributed by atoms with van der Waals surface area (Å²) in [4.78, 5) is 13.2. The summed E-state index contributed by atoms with van der Waals surface area (Å²) in [6, 6.07) is 4.03. The van der Waals surface area contributed by atoms with Gasteiger partial charge in [-0.1, -0.05) is 12.1 Å². The van der Waals surface area contributed by atoms with Crippen molar-refractivity contribution < 1.29 is 94.5 Å². The fraction of sp³-hybridized carbons (Fsp3) is 0.679. The topological polar surface area (TPSA) is 315 Å². The Morgan fingerprint density at radius 3 is 2.15 bits per heavy atom. The summed E-state index contributed by atoms with van der Waals surface area (Å²) < 4.78 is 32.0. The fourth-order valence-corrected chi connectivity index (χ4v) is 5.41. The molecule has 15 atom stereocenters. The minimum Gasteiger partial charge on any atom is -0.504 e. The van der Waals surface area contributed by atoms with Crippen LogP contribution in [0.3, 0.4) is 0 Å². The first-order valence-electron chi connectivity index (χ1n) is 14.4. The lowest BCUT2D eigenvalue weighted by Gasteiger charge is -2.51. The van der Waals surface area contributed by atoms with E-state index in [9.17, 15) is 66.1 Å². The summed E-state index contributed by atoms with van der Waals surface area (Å²) in [7, 11) is 1.30. The molecule has 266 valence electrons. The van der Waals surface area contributed by atoms with Gasteiger partial charge in [-0.2, -0.15) is 0 Å². The highest BCUT2D eigenvalue weighted by atomic mass is 16.9. The number of carbonyl (C=O) groups is 1. The molecule has 0 radical (unpaired) electrons. The van der Waals surface area contributed by atoms with E-state index in [1.807, 2.05) is 0 Å². The molecule has 3 aliphatic rings. The summed E-state index contributed by atoms with van der Waals surface area (Å²) in [5.74, 6) is -4.17. The van der Waals surface area contributed by atoms with Crippen molar-refractivity contribution in [1.82, 2.24) is 0 Å². The van der Waals surface area contributed by atoms with Crippen molar-refractivity contribution in [2.75, 3.05) is 20.3 Å². The van der Waals surface area contributed by atoms with Gasteiger partial charge in [-0.15, -0.1) is 0 Å². The van der Waals surface area contributed by atoms with Crippen molar-refractivity contribution in [3.05, 3.63) is 29.8 Å². The van der Waals surface area contributed by atoms with Crippen LogP contribution in [0.1, 0.15) is 12.5 Å². The number of ketones is 1.